The molecule has 2 aromatic heterocycles. The summed E-state index contributed by atoms with van der Waals surface area (Å²) in [4.78, 5) is 15.6. The van der Waals surface area contributed by atoms with Crippen LogP contribution in [0.3, 0.4) is 0 Å². The number of aromatic nitrogens is 2. The number of fused-ring (bicyclic) bond motifs is 1. The quantitative estimate of drug-likeness (QED) is 0.646. The van der Waals surface area contributed by atoms with Gasteiger partial charge in [0.05, 0.1) is 7.11 Å². The van der Waals surface area contributed by atoms with Crippen LogP contribution in [0.5, 0.6) is 0 Å². The lowest BCUT2D eigenvalue weighted by molar-refractivity contribution is 0.173. The summed E-state index contributed by atoms with van der Waals surface area (Å²) < 4.78 is 6.05. The molecule has 2 heterocycles. The van der Waals surface area contributed by atoms with Crippen molar-refractivity contribution in [3.63, 3.8) is 0 Å². The fraction of sp³-hybridized carbons (Fsp3) is 0.200. The van der Waals surface area contributed by atoms with Crippen molar-refractivity contribution < 1.29 is 9.53 Å². The fourth-order valence-corrected chi connectivity index (χ4v) is 1.65. The van der Waals surface area contributed by atoms with Gasteiger partial charge in [-0.3, -0.25) is 0 Å². The van der Waals surface area contributed by atoms with Crippen molar-refractivity contribution in [2.45, 2.75) is 6.92 Å². The van der Waals surface area contributed by atoms with Crippen molar-refractivity contribution in [2.24, 2.45) is 0 Å². The molecule has 0 aliphatic carbocycles. The van der Waals surface area contributed by atoms with Gasteiger partial charge in [-0.05, 0) is 25.1 Å². The molecule has 0 aliphatic rings. The van der Waals surface area contributed by atoms with Crippen molar-refractivity contribution in [3.8, 4) is 0 Å². The van der Waals surface area contributed by atoms with E-state index in [1.165, 1.54) is 11.7 Å². The molecule has 0 atom stereocenters. The Morgan fingerprint density at radius 2 is 2.27 bits per heavy atom. The molecule has 0 saturated carbocycles. The molecule has 5 heteroatoms. The summed E-state index contributed by atoms with van der Waals surface area (Å²) in [5.74, 6) is 0. The first-order valence-corrected chi connectivity index (χ1v) is 4.74. The highest BCUT2D eigenvalue weighted by atomic mass is 35.5. The van der Waals surface area contributed by atoms with Gasteiger partial charge in [0, 0.05) is 11.1 Å². The van der Waals surface area contributed by atoms with Crippen LogP contribution in [0.1, 0.15) is 5.69 Å². The van der Waals surface area contributed by atoms with E-state index in [9.17, 15) is 4.79 Å². The average molecular weight is 225 g/mol. The molecule has 0 radical (unpaired) electrons. The molecule has 15 heavy (non-hydrogen) atoms. The maximum Gasteiger partial charge on any atom is 0.419 e. The van der Waals surface area contributed by atoms with Crippen LogP contribution in [0.15, 0.2) is 18.2 Å². The monoisotopic (exact) mass is 224 g/mol. The second-order valence-corrected chi connectivity index (χ2v) is 3.53. The maximum absolute atomic E-state index is 11.5. The van der Waals surface area contributed by atoms with Crippen molar-refractivity contribution >= 4 is 28.7 Å². The molecule has 0 amide bonds. The van der Waals surface area contributed by atoms with Gasteiger partial charge >= 0.3 is 6.09 Å². The third-order valence-electron chi connectivity index (χ3n) is 2.16. The SMILES string of the molecule is COC(=O)n1c(C)cc2ccc(Cl)nc21. The molecule has 0 unspecified atom stereocenters. The molecule has 4 nitrogen and oxygen atoms in total. The van der Waals surface area contributed by atoms with Gasteiger partial charge in [-0.1, -0.05) is 11.6 Å². The van der Waals surface area contributed by atoms with Crippen LogP contribution in [0.2, 0.25) is 5.15 Å². The highest BCUT2D eigenvalue weighted by Crippen LogP contribution is 2.20. The summed E-state index contributed by atoms with van der Waals surface area (Å²) in [6, 6.07) is 5.36. The smallest absolute Gasteiger partial charge is 0.419 e. The van der Waals surface area contributed by atoms with E-state index in [-0.39, 0.29) is 0 Å². The van der Waals surface area contributed by atoms with Crippen molar-refractivity contribution in [3.05, 3.63) is 29.0 Å². The first-order valence-electron chi connectivity index (χ1n) is 4.36. The Bertz CT molecular complexity index is 533. The number of aryl methyl sites for hydroxylation is 1. The third kappa shape index (κ3) is 1.57. The normalized spacial score (nSPS) is 10.6. The van der Waals surface area contributed by atoms with Gasteiger partial charge < -0.3 is 4.74 Å². The average Bonchev–Trinajstić information content (AvgIpc) is 2.52. The standard InChI is InChI=1S/C10H9ClN2O2/c1-6-5-7-3-4-8(11)12-9(7)13(6)10(14)15-2/h3-5H,1-2H3. The Kier molecular flexibility index (Phi) is 2.36. The molecular formula is C10H9ClN2O2. The molecule has 2 rings (SSSR count). The van der Waals surface area contributed by atoms with Gasteiger partial charge in [0.1, 0.15) is 5.15 Å². The Hall–Kier alpha value is -1.55. The van der Waals surface area contributed by atoms with Crippen LogP contribution >= 0.6 is 11.6 Å². The summed E-state index contributed by atoms with van der Waals surface area (Å²) in [6.45, 7) is 1.81. The first-order chi connectivity index (χ1) is 7.13. The lowest BCUT2D eigenvalue weighted by Crippen LogP contribution is -2.13. The van der Waals surface area contributed by atoms with Gasteiger partial charge in [0.15, 0.2) is 5.65 Å². The maximum atomic E-state index is 11.5. The zero-order valence-corrected chi connectivity index (χ0v) is 9.08. The number of carbonyl (C=O) groups excluding carboxylic acids is 1. The van der Waals surface area contributed by atoms with Gasteiger partial charge in [-0.25, -0.2) is 14.3 Å². The van der Waals surface area contributed by atoms with E-state index in [1.807, 2.05) is 19.1 Å². The zero-order valence-electron chi connectivity index (χ0n) is 8.32. The molecule has 78 valence electrons. The summed E-state index contributed by atoms with van der Waals surface area (Å²) in [5, 5.41) is 1.22. The minimum absolute atomic E-state index is 0.353. The number of methoxy groups -OCH3 is 1. The van der Waals surface area contributed by atoms with E-state index in [0.29, 0.717) is 10.8 Å². The number of rotatable bonds is 0. The van der Waals surface area contributed by atoms with Crippen molar-refractivity contribution in [1.82, 2.24) is 9.55 Å². The fourth-order valence-electron chi connectivity index (χ4n) is 1.51. The van der Waals surface area contributed by atoms with Crippen LogP contribution in [-0.2, 0) is 4.74 Å². The summed E-state index contributed by atoms with van der Waals surface area (Å²) in [6.07, 6.45) is -0.461. The summed E-state index contributed by atoms with van der Waals surface area (Å²) in [7, 11) is 1.33. The van der Waals surface area contributed by atoms with Crippen LogP contribution in [-0.4, -0.2) is 22.8 Å². The number of ether oxygens (including phenoxy) is 1. The minimum Gasteiger partial charge on any atom is -0.452 e. The molecule has 0 N–H and O–H groups in total. The molecule has 0 aromatic carbocycles. The number of nitrogens with zero attached hydrogens (tertiary/aromatic N) is 2. The number of pyridine rings is 1. The number of hydrogen-bond acceptors (Lipinski definition) is 3. The highest BCUT2D eigenvalue weighted by Gasteiger charge is 2.13. The predicted octanol–water partition coefficient (Wildman–Crippen LogP) is 2.61. The molecule has 0 saturated heterocycles. The first kappa shape index (κ1) is 9.98. The largest absolute Gasteiger partial charge is 0.452 e. The molecular weight excluding hydrogens is 216 g/mol. The Morgan fingerprint density at radius 3 is 2.93 bits per heavy atom. The lowest BCUT2D eigenvalue weighted by atomic mass is 10.3. The molecule has 0 spiro atoms. The van der Waals surface area contributed by atoms with E-state index >= 15 is 0 Å². The second-order valence-electron chi connectivity index (χ2n) is 3.14. The van der Waals surface area contributed by atoms with Crippen LogP contribution in [0.25, 0.3) is 11.0 Å². The van der Waals surface area contributed by atoms with E-state index in [1.54, 1.807) is 6.07 Å². The van der Waals surface area contributed by atoms with Gasteiger partial charge in [0.2, 0.25) is 0 Å². The molecule has 0 fully saturated rings. The molecule has 2 aromatic rings. The van der Waals surface area contributed by atoms with Crippen LogP contribution < -0.4 is 0 Å². The van der Waals surface area contributed by atoms with E-state index in [4.69, 9.17) is 11.6 Å². The summed E-state index contributed by atoms with van der Waals surface area (Å²) >= 11 is 5.77. The molecule has 0 aliphatic heterocycles. The van der Waals surface area contributed by atoms with Crippen molar-refractivity contribution in [2.75, 3.05) is 7.11 Å². The number of halogens is 1. The molecule has 0 bridgehead atoms. The van der Waals surface area contributed by atoms with Crippen LogP contribution in [0.4, 0.5) is 4.79 Å². The van der Waals surface area contributed by atoms with E-state index in [2.05, 4.69) is 9.72 Å². The van der Waals surface area contributed by atoms with Gasteiger partial charge in [-0.15, -0.1) is 0 Å². The second kappa shape index (κ2) is 3.55. The highest BCUT2D eigenvalue weighted by molar-refractivity contribution is 6.29. The summed E-state index contributed by atoms with van der Waals surface area (Å²) in [5.41, 5.74) is 1.29. The third-order valence-corrected chi connectivity index (χ3v) is 2.37. The Balaban J connectivity index is 2.76. The van der Waals surface area contributed by atoms with E-state index < -0.39 is 6.09 Å². The topological polar surface area (TPSA) is 44.1 Å². The Morgan fingerprint density at radius 1 is 1.53 bits per heavy atom. The Labute approximate surface area is 91.4 Å². The number of carbonyl (C=O) groups is 1. The van der Waals surface area contributed by atoms with Crippen molar-refractivity contribution in [1.29, 1.82) is 0 Å². The zero-order chi connectivity index (χ0) is 11.0. The number of hydrogen-bond donors (Lipinski definition) is 0. The predicted molar refractivity (Wildman–Crippen MR) is 57.3 cm³/mol. The van der Waals surface area contributed by atoms with Crippen LogP contribution in [0, 0.1) is 6.92 Å². The lowest BCUT2D eigenvalue weighted by Gasteiger charge is -2.03. The van der Waals surface area contributed by atoms with Gasteiger partial charge in [0.25, 0.3) is 0 Å². The van der Waals surface area contributed by atoms with Gasteiger partial charge in [-0.2, -0.15) is 0 Å². The minimum atomic E-state index is -0.461. The van der Waals surface area contributed by atoms with E-state index in [0.717, 1.165) is 11.1 Å².